The molecule has 0 radical (unpaired) electrons. The Balaban J connectivity index is 2.09. The minimum Gasteiger partial charge on any atom is -0.377 e. The monoisotopic (exact) mass is 355 g/mol. The van der Waals surface area contributed by atoms with Gasteiger partial charge in [0.2, 0.25) is 0 Å². The van der Waals surface area contributed by atoms with Crippen LogP contribution >= 0.6 is 27.5 Å². The Hall–Kier alpha value is -1.17. The highest BCUT2D eigenvalue weighted by Gasteiger charge is 2.07. The molecule has 0 aliphatic rings. The van der Waals surface area contributed by atoms with Crippen molar-refractivity contribution in [1.29, 1.82) is 0 Å². The molecule has 1 N–H and O–H groups in total. The molecule has 0 saturated heterocycles. The number of nitrogens with zero attached hydrogens (tertiary/aromatic N) is 2. The molecule has 1 heterocycles. The van der Waals surface area contributed by atoms with E-state index in [1.807, 2.05) is 19.1 Å². The predicted molar refractivity (Wildman–Crippen MR) is 83.8 cm³/mol. The maximum Gasteiger partial charge on any atom is 0.148 e. The fourth-order valence-corrected chi connectivity index (χ4v) is 2.21. The van der Waals surface area contributed by atoms with Crippen LogP contribution in [0.5, 0.6) is 0 Å². The zero-order valence-electron chi connectivity index (χ0n) is 11.1. The van der Waals surface area contributed by atoms with E-state index in [0.717, 1.165) is 5.56 Å². The van der Waals surface area contributed by atoms with Gasteiger partial charge in [0.05, 0.1) is 11.1 Å². The highest BCUT2D eigenvalue weighted by Crippen LogP contribution is 2.26. The molecule has 1 aromatic carbocycles. The van der Waals surface area contributed by atoms with E-state index in [2.05, 4.69) is 43.3 Å². The predicted octanol–water partition coefficient (Wildman–Crippen LogP) is 4.04. The van der Waals surface area contributed by atoms with Crippen LogP contribution in [0.2, 0.25) is 5.15 Å². The van der Waals surface area contributed by atoms with Gasteiger partial charge in [0.25, 0.3) is 0 Å². The van der Waals surface area contributed by atoms with Crippen molar-refractivity contribution in [3.8, 4) is 0 Å². The average Bonchev–Trinajstić information content (AvgIpc) is 2.47. The summed E-state index contributed by atoms with van der Waals surface area (Å²) in [5, 5.41) is 3.64. The van der Waals surface area contributed by atoms with E-state index >= 15 is 0 Å². The van der Waals surface area contributed by atoms with Crippen molar-refractivity contribution in [3.63, 3.8) is 0 Å². The molecule has 0 aliphatic carbocycles. The summed E-state index contributed by atoms with van der Waals surface area (Å²) in [5.74, 6) is 0.677. The zero-order chi connectivity index (χ0) is 14.4. The van der Waals surface area contributed by atoms with Crippen molar-refractivity contribution in [2.45, 2.75) is 20.1 Å². The summed E-state index contributed by atoms with van der Waals surface area (Å²) >= 11 is 9.31. The molecular weight excluding hydrogens is 342 g/mol. The number of hydrogen-bond acceptors (Lipinski definition) is 4. The Morgan fingerprint density at radius 3 is 2.75 bits per heavy atom. The molecular formula is C14H15BrClN3O. The van der Waals surface area contributed by atoms with Crippen molar-refractivity contribution in [2.75, 3.05) is 11.9 Å². The third-order valence-electron chi connectivity index (χ3n) is 2.77. The normalized spacial score (nSPS) is 10.6. The van der Waals surface area contributed by atoms with Crippen LogP contribution in [0, 0.1) is 0 Å². The first kappa shape index (κ1) is 15.2. The third kappa shape index (κ3) is 3.91. The van der Waals surface area contributed by atoms with Crippen LogP contribution in [-0.4, -0.2) is 16.6 Å². The number of anilines is 1. The minimum atomic E-state index is 0.394. The van der Waals surface area contributed by atoms with Crippen LogP contribution in [0.4, 0.5) is 5.82 Å². The second-order valence-corrected chi connectivity index (χ2v) is 5.24. The van der Waals surface area contributed by atoms with Crippen LogP contribution < -0.4 is 5.32 Å². The fourth-order valence-electron chi connectivity index (χ4n) is 1.73. The summed E-state index contributed by atoms with van der Waals surface area (Å²) in [4.78, 5) is 8.06. The van der Waals surface area contributed by atoms with Gasteiger partial charge in [0, 0.05) is 13.2 Å². The van der Waals surface area contributed by atoms with Crippen molar-refractivity contribution < 1.29 is 4.74 Å². The highest BCUT2D eigenvalue weighted by molar-refractivity contribution is 9.10. The zero-order valence-corrected chi connectivity index (χ0v) is 13.4. The van der Waals surface area contributed by atoms with E-state index in [-0.39, 0.29) is 0 Å². The summed E-state index contributed by atoms with van der Waals surface area (Å²) in [7, 11) is 0. The molecule has 1 aromatic heterocycles. The van der Waals surface area contributed by atoms with Crippen molar-refractivity contribution in [1.82, 2.24) is 9.97 Å². The van der Waals surface area contributed by atoms with Crippen molar-refractivity contribution >= 4 is 33.3 Å². The lowest BCUT2D eigenvalue weighted by Gasteiger charge is -2.12. The van der Waals surface area contributed by atoms with Crippen LogP contribution in [0.15, 0.2) is 35.1 Å². The van der Waals surface area contributed by atoms with E-state index in [4.69, 9.17) is 16.3 Å². The van der Waals surface area contributed by atoms with Crippen LogP contribution in [0.1, 0.15) is 18.1 Å². The summed E-state index contributed by atoms with van der Waals surface area (Å²) in [6, 6.07) is 8.15. The lowest BCUT2D eigenvalue weighted by Crippen LogP contribution is -2.06. The van der Waals surface area contributed by atoms with Crippen LogP contribution in [0.3, 0.4) is 0 Å². The molecule has 0 unspecified atom stereocenters. The Morgan fingerprint density at radius 2 is 2.00 bits per heavy atom. The van der Waals surface area contributed by atoms with Gasteiger partial charge in [-0.2, -0.15) is 0 Å². The maximum absolute atomic E-state index is 5.94. The highest BCUT2D eigenvalue weighted by atomic mass is 79.9. The molecule has 106 valence electrons. The van der Waals surface area contributed by atoms with E-state index in [1.54, 1.807) is 0 Å². The number of aromatic nitrogens is 2. The number of nitrogens with one attached hydrogen (secondary N) is 1. The molecule has 0 fully saturated rings. The van der Waals surface area contributed by atoms with Gasteiger partial charge in [0.1, 0.15) is 17.3 Å². The van der Waals surface area contributed by atoms with Gasteiger partial charge in [-0.3, -0.25) is 0 Å². The third-order valence-corrected chi connectivity index (χ3v) is 4.04. The molecule has 0 spiro atoms. The van der Waals surface area contributed by atoms with Crippen LogP contribution in [0.25, 0.3) is 0 Å². The molecule has 2 aromatic rings. The molecule has 0 atom stereocenters. The summed E-state index contributed by atoms with van der Waals surface area (Å²) in [6.45, 7) is 3.95. The van der Waals surface area contributed by atoms with Gasteiger partial charge in [-0.15, -0.1) is 0 Å². The van der Waals surface area contributed by atoms with Crippen molar-refractivity contribution in [2.24, 2.45) is 0 Å². The first-order valence-corrected chi connectivity index (χ1v) is 7.44. The van der Waals surface area contributed by atoms with Crippen LogP contribution in [-0.2, 0) is 17.9 Å². The second-order valence-electron chi connectivity index (χ2n) is 4.09. The summed E-state index contributed by atoms with van der Waals surface area (Å²) in [5.41, 5.74) is 2.33. The minimum absolute atomic E-state index is 0.394. The van der Waals surface area contributed by atoms with Gasteiger partial charge in [-0.1, -0.05) is 35.9 Å². The quantitative estimate of drug-likeness (QED) is 0.794. The van der Waals surface area contributed by atoms with Gasteiger partial charge in [0.15, 0.2) is 0 Å². The topological polar surface area (TPSA) is 47.0 Å². The Morgan fingerprint density at radius 1 is 1.25 bits per heavy atom. The number of rotatable bonds is 6. The summed E-state index contributed by atoms with van der Waals surface area (Å²) < 4.78 is 6.14. The SMILES string of the molecule is CCOCc1ccccc1CNc1ncnc(Cl)c1Br. The average molecular weight is 357 g/mol. The van der Waals surface area contributed by atoms with Gasteiger partial charge >= 0.3 is 0 Å². The van der Waals surface area contributed by atoms with E-state index < -0.39 is 0 Å². The molecule has 4 nitrogen and oxygen atoms in total. The smallest absolute Gasteiger partial charge is 0.148 e. The number of hydrogen-bond donors (Lipinski definition) is 1. The maximum atomic E-state index is 5.94. The number of benzene rings is 1. The first-order valence-electron chi connectivity index (χ1n) is 6.26. The second kappa shape index (κ2) is 7.57. The van der Waals surface area contributed by atoms with Crippen molar-refractivity contribution in [3.05, 3.63) is 51.3 Å². The standard InChI is InChI=1S/C14H15BrClN3O/c1-2-20-8-11-6-4-3-5-10(11)7-17-14-12(15)13(16)18-9-19-14/h3-6,9H,2,7-8H2,1H3,(H,17,18,19). The number of ether oxygens (including phenoxy) is 1. The molecule has 0 bridgehead atoms. The molecule has 20 heavy (non-hydrogen) atoms. The lowest BCUT2D eigenvalue weighted by molar-refractivity contribution is 0.133. The largest absolute Gasteiger partial charge is 0.377 e. The molecule has 0 saturated carbocycles. The fraction of sp³-hybridized carbons (Fsp3) is 0.286. The van der Waals surface area contributed by atoms with E-state index in [1.165, 1.54) is 11.9 Å². The molecule has 0 aliphatic heterocycles. The summed E-state index contributed by atoms with van der Waals surface area (Å²) in [6.07, 6.45) is 1.43. The van der Waals surface area contributed by atoms with Gasteiger partial charge < -0.3 is 10.1 Å². The Bertz CT molecular complexity index is 580. The van der Waals surface area contributed by atoms with E-state index in [0.29, 0.717) is 35.2 Å². The Labute approximate surface area is 131 Å². The molecule has 6 heteroatoms. The lowest BCUT2D eigenvalue weighted by atomic mass is 10.1. The van der Waals surface area contributed by atoms with Gasteiger partial charge in [-0.05, 0) is 34.0 Å². The molecule has 0 amide bonds. The molecule has 2 rings (SSSR count). The number of halogens is 2. The first-order chi connectivity index (χ1) is 9.72. The van der Waals surface area contributed by atoms with E-state index in [9.17, 15) is 0 Å². The Kier molecular flexibility index (Phi) is 5.76. The van der Waals surface area contributed by atoms with Gasteiger partial charge in [-0.25, -0.2) is 9.97 Å².